The molecule has 1 amide bonds. The lowest BCUT2D eigenvalue weighted by Crippen LogP contribution is -2.44. The topological polar surface area (TPSA) is 104 Å². The SMILES string of the molecule is CN(C)c1cccc(Oc2nnnn2[C@H]2CO[C@H]3[C@@H]2OC[C@@H]3NC(=O)C2CC2)c1. The van der Waals surface area contributed by atoms with Gasteiger partial charge in [0.25, 0.3) is 0 Å². The number of carbonyl (C=O) groups is 1. The van der Waals surface area contributed by atoms with Gasteiger partial charge in [0.05, 0.1) is 19.3 Å². The maximum Gasteiger partial charge on any atom is 0.341 e. The van der Waals surface area contributed by atoms with Crippen LogP contribution in [0.15, 0.2) is 24.3 Å². The molecule has 5 rings (SSSR count). The van der Waals surface area contributed by atoms with Gasteiger partial charge in [0.15, 0.2) is 0 Å². The smallest absolute Gasteiger partial charge is 0.341 e. The zero-order valence-corrected chi connectivity index (χ0v) is 16.4. The first-order valence-electron chi connectivity index (χ1n) is 9.87. The van der Waals surface area contributed by atoms with Crippen molar-refractivity contribution in [2.45, 2.75) is 37.1 Å². The highest BCUT2D eigenvalue weighted by atomic mass is 16.6. The number of hydrogen-bond acceptors (Lipinski definition) is 8. The number of rotatable bonds is 6. The predicted octanol–water partition coefficient (Wildman–Crippen LogP) is 0.765. The lowest BCUT2D eigenvalue weighted by molar-refractivity contribution is -0.123. The Hall–Kier alpha value is -2.72. The van der Waals surface area contributed by atoms with Gasteiger partial charge < -0.3 is 24.4 Å². The summed E-state index contributed by atoms with van der Waals surface area (Å²) in [6, 6.07) is 7.61. The van der Waals surface area contributed by atoms with Gasteiger partial charge in [-0.1, -0.05) is 11.2 Å². The molecular formula is C19H24N6O4. The average Bonchev–Trinajstić information content (AvgIpc) is 3.15. The molecule has 0 bridgehead atoms. The minimum Gasteiger partial charge on any atom is -0.423 e. The molecule has 4 atom stereocenters. The molecule has 1 saturated carbocycles. The second-order valence-electron chi connectivity index (χ2n) is 7.95. The molecule has 1 aliphatic carbocycles. The van der Waals surface area contributed by atoms with Crippen LogP contribution in [0.2, 0.25) is 0 Å². The summed E-state index contributed by atoms with van der Waals surface area (Å²) >= 11 is 0. The monoisotopic (exact) mass is 400 g/mol. The van der Waals surface area contributed by atoms with Gasteiger partial charge in [-0.3, -0.25) is 4.79 Å². The molecule has 29 heavy (non-hydrogen) atoms. The van der Waals surface area contributed by atoms with Gasteiger partial charge in [-0.25, -0.2) is 0 Å². The Morgan fingerprint density at radius 3 is 2.86 bits per heavy atom. The Kier molecular flexibility index (Phi) is 4.59. The molecule has 1 aromatic heterocycles. The molecule has 1 N–H and O–H groups in total. The largest absolute Gasteiger partial charge is 0.423 e. The molecular weight excluding hydrogens is 376 g/mol. The van der Waals surface area contributed by atoms with Crippen molar-refractivity contribution in [1.29, 1.82) is 0 Å². The fraction of sp³-hybridized carbons (Fsp3) is 0.579. The summed E-state index contributed by atoms with van der Waals surface area (Å²) in [5.74, 6) is 0.895. The number of anilines is 1. The molecule has 0 radical (unpaired) electrons. The first-order chi connectivity index (χ1) is 14.1. The minimum absolute atomic E-state index is 0.0959. The fourth-order valence-corrected chi connectivity index (χ4v) is 3.85. The molecule has 10 nitrogen and oxygen atoms in total. The van der Waals surface area contributed by atoms with E-state index in [0.29, 0.717) is 19.0 Å². The van der Waals surface area contributed by atoms with Gasteiger partial charge in [0.1, 0.15) is 24.0 Å². The van der Waals surface area contributed by atoms with E-state index in [1.54, 1.807) is 4.68 Å². The molecule has 154 valence electrons. The van der Waals surface area contributed by atoms with E-state index in [1.807, 2.05) is 43.3 Å². The Morgan fingerprint density at radius 2 is 2.07 bits per heavy atom. The van der Waals surface area contributed by atoms with Crippen LogP contribution < -0.4 is 15.0 Å². The maximum absolute atomic E-state index is 12.1. The molecule has 0 spiro atoms. The molecule has 1 aromatic carbocycles. The van der Waals surface area contributed by atoms with Crippen molar-refractivity contribution < 1.29 is 19.0 Å². The third-order valence-corrected chi connectivity index (χ3v) is 5.62. The number of tetrazole rings is 1. The molecule has 3 fully saturated rings. The molecule has 10 heteroatoms. The number of carbonyl (C=O) groups excluding carboxylic acids is 1. The van der Waals surface area contributed by atoms with Crippen molar-refractivity contribution in [3.63, 3.8) is 0 Å². The van der Waals surface area contributed by atoms with E-state index in [4.69, 9.17) is 14.2 Å². The predicted molar refractivity (Wildman–Crippen MR) is 102 cm³/mol. The highest BCUT2D eigenvalue weighted by Crippen LogP contribution is 2.37. The molecule has 2 aromatic rings. The van der Waals surface area contributed by atoms with E-state index < -0.39 is 0 Å². The summed E-state index contributed by atoms with van der Waals surface area (Å²) in [6.07, 6.45) is 1.49. The van der Waals surface area contributed by atoms with Crippen LogP contribution >= 0.6 is 0 Å². The summed E-state index contributed by atoms with van der Waals surface area (Å²) < 4.78 is 19.5. The first kappa shape index (κ1) is 18.3. The Balaban J connectivity index is 1.30. The quantitative estimate of drug-likeness (QED) is 0.758. The van der Waals surface area contributed by atoms with Crippen LogP contribution in [-0.4, -0.2) is 71.7 Å². The average molecular weight is 400 g/mol. The maximum atomic E-state index is 12.1. The van der Waals surface area contributed by atoms with Crippen LogP contribution in [0.1, 0.15) is 18.9 Å². The van der Waals surface area contributed by atoms with Crippen molar-refractivity contribution in [2.75, 3.05) is 32.2 Å². The Bertz CT molecular complexity index is 898. The van der Waals surface area contributed by atoms with Crippen LogP contribution in [-0.2, 0) is 14.3 Å². The number of amides is 1. The summed E-state index contributed by atoms with van der Waals surface area (Å²) in [5, 5.41) is 15.0. The van der Waals surface area contributed by atoms with Gasteiger partial charge in [0.2, 0.25) is 5.91 Å². The second kappa shape index (κ2) is 7.27. The number of ether oxygens (including phenoxy) is 3. The number of nitrogens with one attached hydrogen (secondary N) is 1. The minimum atomic E-state index is -0.238. The van der Waals surface area contributed by atoms with E-state index in [-0.39, 0.29) is 42.1 Å². The van der Waals surface area contributed by atoms with Crippen LogP contribution in [0.4, 0.5) is 5.69 Å². The van der Waals surface area contributed by atoms with Gasteiger partial charge in [-0.15, -0.1) is 0 Å². The van der Waals surface area contributed by atoms with Gasteiger partial charge >= 0.3 is 6.01 Å². The lowest BCUT2D eigenvalue weighted by Gasteiger charge is -2.18. The van der Waals surface area contributed by atoms with Gasteiger partial charge in [-0.2, -0.15) is 4.68 Å². The number of benzene rings is 1. The van der Waals surface area contributed by atoms with Crippen LogP contribution in [0.5, 0.6) is 11.8 Å². The van der Waals surface area contributed by atoms with E-state index in [1.165, 1.54) is 0 Å². The summed E-state index contributed by atoms with van der Waals surface area (Å²) in [5.41, 5.74) is 1.01. The summed E-state index contributed by atoms with van der Waals surface area (Å²) in [4.78, 5) is 14.1. The second-order valence-corrected chi connectivity index (χ2v) is 7.95. The zero-order valence-electron chi connectivity index (χ0n) is 16.4. The zero-order chi connectivity index (χ0) is 20.0. The van der Waals surface area contributed by atoms with Crippen molar-refractivity contribution in [3.8, 4) is 11.8 Å². The van der Waals surface area contributed by atoms with Crippen molar-refractivity contribution in [3.05, 3.63) is 24.3 Å². The van der Waals surface area contributed by atoms with Crippen LogP contribution in [0.3, 0.4) is 0 Å². The lowest BCUT2D eigenvalue weighted by atomic mass is 10.1. The van der Waals surface area contributed by atoms with Crippen molar-refractivity contribution >= 4 is 11.6 Å². The highest BCUT2D eigenvalue weighted by Gasteiger charge is 2.50. The number of fused-ring (bicyclic) bond motifs is 1. The molecule has 3 heterocycles. The van der Waals surface area contributed by atoms with Gasteiger partial charge in [0, 0.05) is 31.8 Å². The summed E-state index contributed by atoms with van der Waals surface area (Å²) in [6.45, 7) is 0.817. The van der Waals surface area contributed by atoms with Crippen molar-refractivity contribution in [1.82, 2.24) is 25.5 Å². The number of aromatic nitrogens is 4. The summed E-state index contributed by atoms with van der Waals surface area (Å²) in [7, 11) is 3.93. The number of nitrogens with zero attached hydrogens (tertiary/aromatic N) is 5. The molecule has 3 aliphatic rings. The Morgan fingerprint density at radius 1 is 1.24 bits per heavy atom. The molecule has 2 saturated heterocycles. The third-order valence-electron chi connectivity index (χ3n) is 5.62. The third kappa shape index (κ3) is 3.53. The fourth-order valence-electron chi connectivity index (χ4n) is 3.85. The van der Waals surface area contributed by atoms with E-state index in [0.717, 1.165) is 18.5 Å². The van der Waals surface area contributed by atoms with E-state index >= 15 is 0 Å². The Labute approximate surface area is 168 Å². The van der Waals surface area contributed by atoms with E-state index in [2.05, 4.69) is 20.8 Å². The first-order valence-corrected chi connectivity index (χ1v) is 9.87. The highest BCUT2D eigenvalue weighted by molar-refractivity contribution is 5.81. The standard InChI is InChI=1S/C19H24N6O4/c1-24(2)12-4-3-5-13(8-12)29-19-21-22-23-25(19)15-10-28-16-14(9-27-17(15)16)20-18(26)11-6-7-11/h3-5,8,11,14-17H,6-7,9-10H2,1-2H3,(H,20,26)/t14-,15-,16+,17+/m0/s1. The molecule has 0 unspecified atom stereocenters. The van der Waals surface area contributed by atoms with Crippen LogP contribution in [0.25, 0.3) is 0 Å². The van der Waals surface area contributed by atoms with Gasteiger partial charge in [-0.05, 0) is 35.4 Å². The van der Waals surface area contributed by atoms with Crippen LogP contribution in [0, 0.1) is 5.92 Å². The van der Waals surface area contributed by atoms with Crippen molar-refractivity contribution in [2.24, 2.45) is 5.92 Å². The number of hydrogen-bond donors (Lipinski definition) is 1. The van der Waals surface area contributed by atoms with E-state index in [9.17, 15) is 4.79 Å². The molecule has 2 aliphatic heterocycles. The normalized spacial score (nSPS) is 28.2.